The lowest BCUT2D eigenvalue weighted by molar-refractivity contribution is 0.0688. The number of ether oxygens (including phenoxy) is 1. The summed E-state index contributed by atoms with van der Waals surface area (Å²) in [6.07, 6.45) is 6.26. The number of Topliss-reactive ketones (excluding diaryl/α,β-unsaturated/α-hetero) is 1. The fourth-order valence-electron chi connectivity index (χ4n) is 3.66. The van der Waals surface area contributed by atoms with Gasteiger partial charge in [0.15, 0.2) is 5.78 Å². The van der Waals surface area contributed by atoms with Gasteiger partial charge in [0.1, 0.15) is 5.75 Å². The Morgan fingerprint density at radius 1 is 1.20 bits per heavy atom. The third kappa shape index (κ3) is 2.05. The summed E-state index contributed by atoms with van der Waals surface area (Å²) in [6.45, 7) is 0.728. The van der Waals surface area contributed by atoms with Crippen molar-refractivity contribution >= 4 is 5.78 Å². The predicted molar refractivity (Wildman–Crippen MR) is 79.5 cm³/mol. The minimum Gasteiger partial charge on any atom is -0.493 e. The molecule has 1 saturated carbocycles. The second kappa shape index (κ2) is 5.21. The van der Waals surface area contributed by atoms with Gasteiger partial charge in [0.2, 0.25) is 0 Å². The molecule has 0 amide bonds. The molecule has 1 heterocycles. The zero-order chi connectivity index (χ0) is 14.2. The Morgan fingerprint density at radius 2 is 1.95 bits per heavy atom. The van der Waals surface area contributed by atoms with Gasteiger partial charge in [-0.1, -0.05) is 25.0 Å². The molecule has 3 nitrogen and oxygen atoms in total. The summed E-state index contributed by atoms with van der Waals surface area (Å²) in [6, 6.07) is 6.03. The highest BCUT2D eigenvalue weighted by molar-refractivity contribution is 6.05. The summed E-state index contributed by atoms with van der Waals surface area (Å²) in [5, 5.41) is 0. The van der Waals surface area contributed by atoms with Gasteiger partial charge in [-0.3, -0.25) is 9.69 Å². The van der Waals surface area contributed by atoms with E-state index in [0.29, 0.717) is 0 Å². The first-order valence-electron chi connectivity index (χ1n) is 7.62. The Kier molecular flexibility index (Phi) is 3.55. The number of aryl methyl sites for hydroxylation is 1. The Hall–Kier alpha value is -1.35. The van der Waals surface area contributed by atoms with Crippen LogP contribution in [0, 0.1) is 0 Å². The highest BCUT2D eigenvalue weighted by atomic mass is 16.5. The van der Waals surface area contributed by atoms with Crippen molar-refractivity contribution in [3.8, 4) is 5.75 Å². The molecule has 0 spiro atoms. The summed E-state index contributed by atoms with van der Waals surface area (Å²) in [7, 11) is 4.05. The largest absolute Gasteiger partial charge is 0.493 e. The smallest absolute Gasteiger partial charge is 0.186 e. The highest BCUT2D eigenvalue weighted by Crippen LogP contribution is 2.40. The van der Waals surface area contributed by atoms with E-state index in [4.69, 9.17) is 4.74 Å². The maximum Gasteiger partial charge on any atom is 0.186 e. The monoisotopic (exact) mass is 273 g/mol. The van der Waals surface area contributed by atoms with E-state index in [-0.39, 0.29) is 11.3 Å². The van der Waals surface area contributed by atoms with Crippen LogP contribution in [0.4, 0.5) is 0 Å². The van der Waals surface area contributed by atoms with Gasteiger partial charge in [0.05, 0.1) is 17.7 Å². The zero-order valence-electron chi connectivity index (χ0n) is 12.4. The molecule has 1 aromatic rings. The maximum absolute atomic E-state index is 13.2. The first-order chi connectivity index (χ1) is 9.65. The molecular weight excluding hydrogens is 250 g/mol. The number of benzene rings is 1. The Balaban J connectivity index is 2.02. The van der Waals surface area contributed by atoms with E-state index in [1.54, 1.807) is 0 Å². The molecule has 1 aliphatic heterocycles. The molecule has 0 saturated heterocycles. The molecule has 20 heavy (non-hydrogen) atoms. The molecule has 2 aliphatic rings. The van der Waals surface area contributed by atoms with Crippen LogP contribution in [0.1, 0.15) is 48.0 Å². The number of hydrogen-bond acceptors (Lipinski definition) is 3. The summed E-state index contributed by atoms with van der Waals surface area (Å²) in [5.74, 6) is 1.09. The number of fused-ring (bicyclic) bond motifs is 1. The number of rotatable bonds is 3. The van der Waals surface area contributed by atoms with Gasteiger partial charge < -0.3 is 4.74 Å². The van der Waals surface area contributed by atoms with Crippen molar-refractivity contribution in [2.24, 2.45) is 0 Å². The van der Waals surface area contributed by atoms with Crippen molar-refractivity contribution in [1.29, 1.82) is 0 Å². The maximum atomic E-state index is 13.2. The molecule has 0 bridgehead atoms. The number of ketones is 1. The average molecular weight is 273 g/mol. The lowest BCUT2D eigenvalue weighted by Gasteiger charge is -2.35. The van der Waals surface area contributed by atoms with Gasteiger partial charge in [-0.2, -0.15) is 0 Å². The van der Waals surface area contributed by atoms with Crippen LogP contribution < -0.4 is 4.74 Å². The minimum absolute atomic E-state index is 0.249. The van der Waals surface area contributed by atoms with Crippen molar-refractivity contribution in [1.82, 2.24) is 4.90 Å². The quantitative estimate of drug-likeness (QED) is 0.793. The van der Waals surface area contributed by atoms with Crippen LogP contribution in [0.15, 0.2) is 18.2 Å². The molecule has 0 unspecified atom stereocenters. The van der Waals surface area contributed by atoms with E-state index in [1.807, 2.05) is 26.2 Å². The molecule has 0 atom stereocenters. The molecule has 1 aliphatic carbocycles. The number of hydrogen-bond donors (Lipinski definition) is 0. The van der Waals surface area contributed by atoms with Gasteiger partial charge in [-0.15, -0.1) is 0 Å². The third-order valence-electron chi connectivity index (χ3n) is 4.89. The average Bonchev–Trinajstić information content (AvgIpc) is 2.97. The van der Waals surface area contributed by atoms with Crippen LogP contribution in [0.2, 0.25) is 0 Å². The summed E-state index contributed by atoms with van der Waals surface area (Å²) in [5.41, 5.74) is 1.66. The highest BCUT2D eigenvalue weighted by Gasteiger charge is 2.44. The van der Waals surface area contributed by atoms with E-state index in [2.05, 4.69) is 11.0 Å². The van der Waals surface area contributed by atoms with Gasteiger partial charge in [-0.25, -0.2) is 0 Å². The van der Waals surface area contributed by atoms with E-state index in [1.165, 1.54) is 5.56 Å². The van der Waals surface area contributed by atoms with Gasteiger partial charge >= 0.3 is 0 Å². The second-order valence-corrected chi connectivity index (χ2v) is 6.21. The Labute approximate surface area is 120 Å². The van der Waals surface area contributed by atoms with E-state index in [0.717, 1.165) is 56.4 Å². The van der Waals surface area contributed by atoms with E-state index in [9.17, 15) is 4.79 Å². The van der Waals surface area contributed by atoms with Crippen LogP contribution in [-0.2, 0) is 6.42 Å². The van der Waals surface area contributed by atoms with Crippen molar-refractivity contribution in [2.45, 2.75) is 44.1 Å². The molecule has 0 radical (unpaired) electrons. The molecule has 3 rings (SSSR count). The number of carbonyl (C=O) groups is 1. The Morgan fingerprint density at radius 3 is 2.65 bits per heavy atom. The number of nitrogens with zero attached hydrogens (tertiary/aromatic N) is 1. The van der Waals surface area contributed by atoms with Crippen molar-refractivity contribution in [2.75, 3.05) is 20.7 Å². The van der Waals surface area contributed by atoms with Crippen molar-refractivity contribution in [3.63, 3.8) is 0 Å². The summed E-state index contributed by atoms with van der Waals surface area (Å²) in [4.78, 5) is 15.3. The third-order valence-corrected chi connectivity index (χ3v) is 4.89. The fourth-order valence-corrected chi connectivity index (χ4v) is 3.66. The van der Waals surface area contributed by atoms with E-state index < -0.39 is 0 Å². The van der Waals surface area contributed by atoms with Gasteiger partial charge in [0, 0.05) is 0 Å². The molecule has 0 aromatic heterocycles. The van der Waals surface area contributed by atoms with Gasteiger partial charge in [-0.05, 0) is 51.4 Å². The van der Waals surface area contributed by atoms with Gasteiger partial charge in [0.25, 0.3) is 0 Å². The molecular formula is C17H23NO2. The van der Waals surface area contributed by atoms with Crippen LogP contribution in [0.3, 0.4) is 0 Å². The molecule has 3 heteroatoms. The van der Waals surface area contributed by atoms with E-state index >= 15 is 0 Å². The Bertz CT molecular complexity index is 516. The molecule has 108 valence electrons. The van der Waals surface area contributed by atoms with Crippen LogP contribution in [0.25, 0.3) is 0 Å². The number of carbonyl (C=O) groups excluding carboxylic acids is 1. The first kappa shape index (κ1) is 13.6. The van der Waals surface area contributed by atoms with Crippen molar-refractivity contribution < 1.29 is 9.53 Å². The fraction of sp³-hybridized carbons (Fsp3) is 0.588. The normalized spacial score (nSPS) is 20.6. The van der Waals surface area contributed by atoms with Crippen LogP contribution in [-0.4, -0.2) is 36.9 Å². The van der Waals surface area contributed by atoms with Crippen molar-refractivity contribution in [3.05, 3.63) is 29.3 Å². The van der Waals surface area contributed by atoms with Crippen LogP contribution in [0.5, 0.6) is 5.75 Å². The summed E-state index contributed by atoms with van der Waals surface area (Å²) >= 11 is 0. The SMILES string of the molecule is CN(C)C1(C(=O)c2cccc3c2OCCC3)CCCC1. The molecule has 1 aromatic carbocycles. The molecule has 1 fully saturated rings. The standard InChI is InChI=1S/C17H23NO2/c1-18(2)17(10-3-4-11-17)16(19)14-9-5-7-13-8-6-12-20-15(13)14/h5,7,9H,3-4,6,8,10-12H2,1-2H3. The minimum atomic E-state index is -0.323. The second-order valence-electron chi connectivity index (χ2n) is 6.21. The zero-order valence-corrected chi connectivity index (χ0v) is 12.4. The number of para-hydroxylation sites is 1. The topological polar surface area (TPSA) is 29.5 Å². The molecule has 0 N–H and O–H groups in total. The number of likely N-dealkylation sites (N-methyl/N-ethyl adjacent to an activating group) is 1. The summed E-state index contributed by atoms with van der Waals surface area (Å²) < 4.78 is 5.82. The lowest BCUT2D eigenvalue weighted by atomic mass is 9.85. The first-order valence-corrected chi connectivity index (χ1v) is 7.62. The predicted octanol–water partition coefficient (Wildman–Crippen LogP) is 3.07. The van der Waals surface area contributed by atoms with Crippen LogP contribution >= 0.6 is 0 Å². The lowest BCUT2D eigenvalue weighted by Crippen LogP contribution is -2.49.